The highest BCUT2D eigenvalue weighted by Crippen LogP contribution is 2.14. The molecule has 82 valence electrons. The standard InChI is InChI=1S/C10H17N5/c1-2-9-13-8(11)7-10(14-9)15-5-3-12-4-6-15/h7,12H,2-6H2,1H3,(H2,11,13,14). The maximum atomic E-state index is 5.75. The van der Waals surface area contributed by atoms with Crippen LogP contribution in [-0.4, -0.2) is 36.1 Å². The van der Waals surface area contributed by atoms with E-state index < -0.39 is 0 Å². The van der Waals surface area contributed by atoms with E-state index >= 15 is 0 Å². The van der Waals surface area contributed by atoms with Gasteiger partial charge in [-0.25, -0.2) is 9.97 Å². The molecule has 5 heteroatoms. The third-order valence-corrected chi connectivity index (χ3v) is 2.54. The lowest BCUT2D eigenvalue weighted by Gasteiger charge is -2.28. The minimum absolute atomic E-state index is 0.565. The van der Waals surface area contributed by atoms with Gasteiger partial charge in [0.05, 0.1) is 0 Å². The first-order valence-electron chi connectivity index (χ1n) is 5.38. The Balaban J connectivity index is 2.22. The summed E-state index contributed by atoms with van der Waals surface area (Å²) in [6.07, 6.45) is 0.824. The molecule has 0 unspecified atom stereocenters. The Morgan fingerprint density at radius 3 is 2.80 bits per heavy atom. The largest absolute Gasteiger partial charge is 0.384 e. The molecule has 2 rings (SSSR count). The lowest BCUT2D eigenvalue weighted by Crippen LogP contribution is -2.44. The minimum Gasteiger partial charge on any atom is -0.384 e. The predicted octanol–water partition coefficient (Wildman–Crippen LogP) is 0.0308. The van der Waals surface area contributed by atoms with Crippen LogP contribution in [0, 0.1) is 0 Å². The molecule has 0 amide bonds. The zero-order chi connectivity index (χ0) is 10.7. The van der Waals surface area contributed by atoms with Crippen molar-refractivity contribution in [3.8, 4) is 0 Å². The molecule has 1 aromatic heterocycles. The Kier molecular flexibility index (Phi) is 3.01. The fourth-order valence-corrected chi connectivity index (χ4v) is 1.72. The lowest BCUT2D eigenvalue weighted by atomic mass is 10.3. The van der Waals surface area contributed by atoms with Crippen molar-refractivity contribution in [1.29, 1.82) is 0 Å². The topological polar surface area (TPSA) is 67.1 Å². The average Bonchev–Trinajstić information content (AvgIpc) is 2.29. The maximum absolute atomic E-state index is 5.75. The Bertz CT molecular complexity index is 333. The quantitative estimate of drug-likeness (QED) is 0.716. The van der Waals surface area contributed by atoms with Crippen LogP contribution in [0.1, 0.15) is 12.7 Å². The van der Waals surface area contributed by atoms with Crippen LogP contribution in [0.15, 0.2) is 6.07 Å². The number of anilines is 2. The fourth-order valence-electron chi connectivity index (χ4n) is 1.72. The van der Waals surface area contributed by atoms with E-state index in [0.717, 1.165) is 44.2 Å². The summed E-state index contributed by atoms with van der Waals surface area (Å²) in [5.74, 6) is 2.35. The second kappa shape index (κ2) is 4.44. The van der Waals surface area contributed by atoms with Gasteiger partial charge in [-0.15, -0.1) is 0 Å². The Labute approximate surface area is 89.7 Å². The van der Waals surface area contributed by atoms with Crippen LogP contribution >= 0.6 is 0 Å². The Morgan fingerprint density at radius 1 is 1.40 bits per heavy atom. The summed E-state index contributed by atoms with van der Waals surface area (Å²) >= 11 is 0. The third-order valence-electron chi connectivity index (χ3n) is 2.54. The molecule has 1 fully saturated rings. The van der Waals surface area contributed by atoms with Gasteiger partial charge in [0.25, 0.3) is 0 Å². The summed E-state index contributed by atoms with van der Waals surface area (Å²) in [5.41, 5.74) is 5.75. The number of rotatable bonds is 2. The van der Waals surface area contributed by atoms with E-state index in [-0.39, 0.29) is 0 Å². The molecule has 1 aliphatic heterocycles. The summed E-state index contributed by atoms with van der Waals surface area (Å²) in [7, 11) is 0. The van der Waals surface area contributed by atoms with Crippen LogP contribution in [0.2, 0.25) is 0 Å². The Morgan fingerprint density at radius 2 is 2.13 bits per heavy atom. The molecule has 0 spiro atoms. The maximum Gasteiger partial charge on any atom is 0.134 e. The SMILES string of the molecule is CCc1nc(N)cc(N2CCNCC2)n1. The lowest BCUT2D eigenvalue weighted by molar-refractivity contribution is 0.583. The van der Waals surface area contributed by atoms with Gasteiger partial charge in [0.2, 0.25) is 0 Å². The van der Waals surface area contributed by atoms with Gasteiger partial charge in [0.1, 0.15) is 17.5 Å². The third kappa shape index (κ3) is 2.36. The molecular formula is C10H17N5. The second-order valence-electron chi connectivity index (χ2n) is 3.66. The molecule has 2 heterocycles. The van der Waals surface area contributed by atoms with Crippen molar-refractivity contribution < 1.29 is 0 Å². The number of nitrogens with two attached hydrogens (primary N) is 1. The molecule has 0 aliphatic carbocycles. The van der Waals surface area contributed by atoms with E-state index in [9.17, 15) is 0 Å². The van der Waals surface area contributed by atoms with Gasteiger partial charge in [-0.05, 0) is 0 Å². The molecule has 0 bridgehead atoms. The minimum atomic E-state index is 0.565. The molecule has 0 atom stereocenters. The van der Waals surface area contributed by atoms with Gasteiger partial charge in [0.15, 0.2) is 0 Å². The molecule has 1 saturated heterocycles. The summed E-state index contributed by atoms with van der Waals surface area (Å²) in [6.45, 7) is 6.02. The number of aromatic nitrogens is 2. The van der Waals surface area contributed by atoms with E-state index in [1.807, 2.05) is 13.0 Å². The van der Waals surface area contributed by atoms with Crippen molar-refractivity contribution in [2.75, 3.05) is 36.8 Å². The van der Waals surface area contributed by atoms with Gasteiger partial charge in [-0.2, -0.15) is 0 Å². The molecule has 1 aromatic rings. The van der Waals surface area contributed by atoms with Crippen molar-refractivity contribution in [2.45, 2.75) is 13.3 Å². The van der Waals surface area contributed by atoms with Gasteiger partial charge in [-0.3, -0.25) is 0 Å². The molecule has 15 heavy (non-hydrogen) atoms. The summed E-state index contributed by atoms with van der Waals surface area (Å²) in [5, 5.41) is 3.31. The summed E-state index contributed by atoms with van der Waals surface area (Å²) in [4.78, 5) is 10.9. The highest BCUT2D eigenvalue weighted by Gasteiger charge is 2.12. The number of hydrogen-bond donors (Lipinski definition) is 2. The van der Waals surface area contributed by atoms with E-state index in [1.165, 1.54) is 0 Å². The van der Waals surface area contributed by atoms with E-state index in [1.54, 1.807) is 0 Å². The van der Waals surface area contributed by atoms with E-state index in [0.29, 0.717) is 5.82 Å². The van der Waals surface area contributed by atoms with Crippen LogP contribution in [0.25, 0.3) is 0 Å². The molecular weight excluding hydrogens is 190 g/mol. The first-order valence-corrected chi connectivity index (χ1v) is 5.38. The second-order valence-corrected chi connectivity index (χ2v) is 3.66. The van der Waals surface area contributed by atoms with Crippen LogP contribution < -0.4 is 16.0 Å². The van der Waals surface area contributed by atoms with Crippen molar-refractivity contribution in [3.05, 3.63) is 11.9 Å². The fraction of sp³-hybridized carbons (Fsp3) is 0.600. The number of hydrogen-bond acceptors (Lipinski definition) is 5. The van der Waals surface area contributed by atoms with E-state index in [4.69, 9.17) is 5.73 Å². The van der Waals surface area contributed by atoms with E-state index in [2.05, 4.69) is 20.2 Å². The number of aryl methyl sites for hydroxylation is 1. The van der Waals surface area contributed by atoms with Crippen LogP contribution in [0.4, 0.5) is 11.6 Å². The monoisotopic (exact) mass is 207 g/mol. The summed E-state index contributed by atoms with van der Waals surface area (Å²) < 4.78 is 0. The number of piperazine rings is 1. The van der Waals surface area contributed by atoms with Crippen LogP contribution in [-0.2, 0) is 6.42 Å². The first-order chi connectivity index (χ1) is 7.29. The van der Waals surface area contributed by atoms with Crippen LogP contribution in [0.5, 0.6) is 0 Å². The van der Waals surface area contributed by atoms with Crippen molar-refractivity contribution in [2.24, 2.45) is 0 Å². The van der Waals surface area contributed by atoms with Gasteiger partial charge in [0, 0.05) is 38.7 Å². The molecule has 1 aliphatic rings. The predicted molar refractivity (Wildman–Crippen MR) is 60.9 cm³/mol. The molecule has 0 radical (unpaired) electrons. The van der Waals surface area contributed by atoms with Gasteiger partial charge in [-0.1, -0.05) is 6.92 Å². The zero-order valence-corrected chi connectivity index (χ0v) is 9.03. The first kappa shape index (κ1) is 10.2. The molecule has 3 N–H and O–H groups in total. The average molecular weight is 207 g/mol. The Hall–Kier alpha value is -1.36. The normalized spacial score (nSPS) is 16.7. The number of nitrogens with zero attached hydrogens (tertiary/aromatic N) is 3. The number of nitrogens with one attached hydrogen (secondary N) is 1. The highest BCUT2D eigenvalue weighted by atomic mass is 15.2. The van der Waals surface area contributed by atoms with Crippen LogP contribution in [0.3, 0.4) is 0 Å². The number of nitrogen functional groups attached to an aromatic ring is 1. The van der Waals surface area contributed by atoms with Crippen molar-refractivity contribution in [3.63, 3.8) is 0 Å². The van der Waals surface area contributed by atoms with Gasteiger partial charge >= 0.3 is 0 Å². The van der Waals surface area contributed by atoms with Gasteiger partial charge < -0.3 is 16.0 Å². The zero-order valence-electron chi connectivity index (χ0n) is 9.03. The summed E-state index contributed by atoms with van der Waals surface area (Å²) in [6, 6.07) is 1.85. The highest BCUT2D eigenvalue weighted by molar-refractivity contribution is 5.47. The smallest absolute Gasteiger partial charge is 0.134 e. The van der Waals surface area contributed by atoms with Crippen molar-refractivity contribution in [1.82, 2.24) is 15.3 Å². The molecule has 0 saturated carbocycles. The van der Waals surface area contributed by atoms with Crippen molar-refractivity contribution >= 4 is 11.6 Å². The molecule has 5 nitrogen and oxygen atoms in total. The molecule has 0 aromatic carbocycles.